The molecule has 4 nitrogen and oxygen atoms in total. The molecule has 2 aromatic rings. The van der Waals surface area contributed by atoms with Gasteiger partial charge in [0.25, 0.3) is 0 Å². The summed E-state index contributed by atoms with van der Waals surface area (Å²) in [5.74, 6) is -1.53. The van der Waals surface area contributed by atoms with E-state index >= 15 is 0 Å². The molecule has 0 radical (unpaired) electrons. The molecule has 1 aliphatic rings. The van der Waals surface area contributed by atoms with E-state index in [-0.39, 0.29) is 0 Å². The fourth-order valence-electron chi connectivity index (χ4n) is 3.34. The van der Waals surface area contributed by atoms with Crippen molar-refractivity contribution in [3.05, 3.63) is 47.5 Å². The van der Waals surface area contributed by atoms with Gasteiger partial charge >= 0.3 is 5.97 Å². The summed E-state index contributed by atoms with van der Waals surface area (Å²) < 4.78 is 0. The van der Waals surface area contributed by atoms with Crippen LogP contribution in [0.2, 0.25) is 0 Å². The number of aliphatic hydroxyl groups excluding tert-OH is 1. The summed E-state index contributed by atoms with van der Waals surface area (Å²) in [6, 6.07) is 12.6. The molecule has 2 N–H and O–H groups in total. The summed E-state index contributed by atoms with van der Waals surface area (Å²) in [5.41, 5.74) is 2.48. The summed E-state index contributed by atoms with van der Waals surface area (Å²) in [5, 5.41) is 21.6. The first-order valence-corrected chi connectivity index (χ1v) is 7.66. The average Bonchev–Trinajstić information content (AvgIpc) is 2.48. The van der Waals surface area contributed by atoms with Crippen LogP contribution in [0.3, 0.4) is 0 Å². The van der Waals surface area contributed by atoms with Gasteiger partial charge in [0.15, 0.2) is 0 Å². The number of carbonyl (C=O) groups is 1. The van der Waals surface area contributed by atoms with Crippen molar-refractivity contribution < 1.29 is 15.0 Å². The van der Waals surface area contributed by atoms with Gasteiger partial charge in [-0.05, 0) is 41.8 Å². The third-order valence-corrected chi connectivity index (χ3v) is 4.61. The number of hydrogen-bond donors (Lipinski definition) is 2. The summed E-state index contributed by atoms with van der Waals surface area (Å²) in [4.78, 5) is 13.2. The van der Waals surface area contributed by atoms with Crippen LogP contribution in [-0.4, -0.2) is 40.3 Å². The Kier molecular flexibility index (Phi) is 4.14. The third-order valence-electron chi connectivity index (χ3n) is 4.61. The van der Waals surface area contributed by atoms with Gasteiger partial charge in [-0.2, -0.15) is 0 Å². The minimum Gasteiger partial charge on any atom is -0.481 e. The lowest BCUT2D eigenvalue weighted by Crippen LogP contribution is -2.46. The van der Waals surface area contributed by atoms with Crippen molar-refractivity contribution in [3.63, 3.8) is 0 Å². The normalized spacial score (nSPS) is 22.8. The van der Waals surface area contributed by atoms with Crippen LogP contribution in [0.15, 0.2) is 36.4 Å². The zero-order valence-corrected chi connectivity index (χ0v) is 12.7. The minimum atomic E-state index is -0.895. The largest absolute Gasteiger partial charge is 0.481 e. The molecular formula is C18H21NO3. The Hall–Kier alpha value is -1.91. The molecule has 0 bridgehead atoms. The molecule has 0 unspecified atom stereocenters. The molecule has 0 spiro atoms. The number of likely N-dealkylation sites (tertiary alicyclic amines) is 1. The summed E-state index contributed by atoms with van der Waals surface area (Å²) in [6.45, 7) is 3.97. The molecule has 4 heteroatoms. The van der Waals surface area contributed by atoms with E-state index in [1.807, 2.05) is 0 Å². The first-order valence-electron chi connectivity index (χ1n) is 7.66. The quantitative estimate of drug-likeness (QED) is 0.914. The first kappa shape index (κ1) is 15.0. The van der Waals surface area contributed by atoms with Crippen LogP contribution < -0.4 is 0 Å². The highest BCUT2D eigenvalue weighted by atomic mass is 16.4. The molecule has 0 aromatic heterocycles. The Balaban J connectivity index is 1.80. The highest BCUT2D eigenvalue weighted by Gasteiger charge is 2.32. The van der Waals surface area contributed by atoms with Crippen molar-refractivity contribution in [2.45, 2.75) is 26.0 Å². The Morgan fingerprint density at radius 1 is 1.23 bits per heavy atom. The number of nitrogens with zero attached hydrogens (tertiary/aromatic N) is 1. The molecule has 1 heterocycles. The number of rotatable bonds is 3. The topological polar surface area (TPSA) is 60.8 Å². The van der Waals surface area contributed by atoms with Gasteiger partial charge in [0.2, 0.25) is 0 Å². The number of aryl methyl sites for hydroxylation is 1. The highest BCUT2D eigenvalue weighted by molar-refractivity contribution is 5.88. The van der Waals surface area contributed by atoms with Crippen molar-refractivity contribution in [2.24, 2.45) is 5.92 Å². The standard InChI is InChI=1S/C18H21NO3/c1-12-4-2-7-15-13(5-3-6-14(12)15)10-19-9-8-16(18(21)22)17(20)11-19/h2-7,16-17,20H,8-11H2,1H3,(H,21,22)/t16-,17+/m0/s1. The number of carboxylic acids is 1. The lowest BCUT2D eigenvalue weighted by molar-refractivity contribution is -0.148. The number of β-amino-alcohol motifs (C(OH)–C–C–N with tert-alkyl or cyclic N) is 1. The first-order chi connectivity index (χ1) is 10.6. The number of piperidine rings is 1. The van der Waals surface area contributed by atoms with Gasteiger partial charge in [-0.1, -0.05) is 36.4 Å². The number of benzene rings is 2. The van der Waals surface area contributed by atoms with Gasteiger partial charge in [0.05, 0.1) is 12.0 Å². The van der Waals surface area contributed by atoms with E-state index in [9.17, 15) is 9.90 Å². The summed E-state index contributed by atoms with van der Waals surface area (Å²) in [7, 11) is 0. The molecule has 0 saturated carbocycles. The zero-order valence-electron chi connectivity index (χ0n) is 12.7. The average molecular weight is 299 g/mol. The van der Waals surface area contributed by atoms with Gasteiger partial charge < -0.3 is 10.2 Å². The second kappa shape index (κ2) is 6.07. The second-order valence-corrected chi connectivity index (χ2v) is 6.12. The van der Waals surface area contributed by atoms with Crippen LogP contribution in [0, 0.1) is 12.8 Å². The van der Waals surface area contributed by atoms with Crippen molar-refractivity contribution >= 4 is 16.7 Å². The predicted octanol–water partition coefficient (Wildman–Crippen LogP) is 2.42. The summed E-state index contributed by atoms with van der Waals surface area (Å²) in [6.07, 6.45) is -0.289. The number of fused-ring (bicyclic) bond motifs is 1. The minimum absolute atomic E-state index is 0.416. The SMILES string of the molecule is Cc1cccc2c(CN3CC[C@H](C(=O)O)[C@H](O)C3)cccc12. The summed E-state index contributed by atoms with van der Waals surface area (Å²) >= 11 is 0. The Bertz CT molecular complexity index is 698. The Labute approximate surface area is 130 Å². The second-order valence-electron chi connectivity index (χ2n) is 6.12. The zero-order chi connectivity index (χ0) is 15.7. The predicted molar refractivity (Wildman–Crippen MR) is 85.7 cm³/mol. The van der Waals surface area contributed by atoms with Gasteiger partial charge in [0.1, 0.15) is 0 Å². The molecule has 22 heavy (non-hydrogen) atoms. The Morgan fingerprint density at radius 3 is 2.68 bits per heavy atom. The van der Waals surface area contributed by atoms with Gasteiger partial charge in [0, 0.05) is 13.1 Å². The van der Waals surface area contributed by atoms with E-state index in [2.05, 4.69) is 48.2 Å². The van der Waals surface area contributed by atoms with Crippen molar-refractivity contribution in [1.29, 1.82) is 0 Å². The lowest BCUT2D eigenvalue weighted by atomic mass is 9.93. The van der Waals surface area contributed by atoms with Crippen molar-refractivity contribution in [3.8, 4) is 0 Å². The Morgan fingerprint density at radius 2 is 1.95 bits per heavy atom. The van der Waals surface area contributed by atoms with E-state index in [0.717, 1.165) is 6.54 Å². The van der Waals surface area contributed by atoms with Crippen molar-refractivity contribution in [1.82, 2.24) is 4.90 Å². The molecule has 1 aliphatic heterocycles. The molecule has 0 amide bonds. The molecule has 1 fully saturated rings. The van der Waals surface area contributed by atoms with E-state index in [1.54, 1.807) is 0 Å². The van der Waals surface area contributed by atoms with Gasteiger partial charge in [-0.3, -0.25) is 9.69 Å². The lowest BCUT2D eigenvalue weighted by Gasteiger charge is -2.34. The van der Waals surface area contributed by atoms with E-state index in [1.165, 1.54) is 21.9 Å². The van der Waals surface area contributed by atoms with Crippen LogP contribution in [0.4, 0.5) is 0 Å². The van der Waals surface area contributed by atoms with Crippen LogP contribution >= 0.6 is 0 Å². The third kappa shape index (κ3) is 2.85. The molecule has 116 valence electrons. The monoisotopic (exact) mass is 299 g/mol. The van der Waals surface area contributed by atoms with E-state index in [0.29, 0.717) is 19.5 Å². The smallest absolute Gasteiger partial charge is 0.309 e. The number of carboxylic acid groups (broad SMARTS) is 1. The number of aliphatic carboxylic acids is 1. The maximum Gasteiger partial charge on any atom is 0.309 e. The molecule has 0 aliphatic carbocycles. The fraction of sp³-hybridized carbons (Fsp3) is 0.389. The maximum atomic E-state index is 11.1. The fourth-order valence-corrected chi connectivity index (χ4v) is 3.34. The van der Waals surface area contributed by atoms with Gasteiger partial charge in [-0.25, -0.2) is 0 Å². The van der Waals surface area contributed by atoms with Crippen LogP contribution in [0.1, 0.15) is 17.5 Å². The molecular weight excluding hydrogens is 278 g/mol. The van der Waals surface area contributed by atoms with Crippen LogP contribution in [0.25, 0.3) is 10.8 Å². The number of hydrogen-bond acceptors (Lipinski definition) is 3. The molecule has 2 aromatic carbocycles. The molecule has 2 atom stereocenters. The highest BCUT2D eigenvalue weighted by Crippen LogP contribution is 2.25. The number of aliphatic hydroxyl groups is 1. The van der Waals surface area contributed by atoms with Crippen molar-refractivity contribution in [2.75, 3.05) is 13.1 Å². The molecule has 3 rings (SSSR count). The van der Waals surface area contributed by atoms with Gasteiger partial charge in [-0.15, -0.1) is 0 Å². The maximum absolute atomic E-state index is 11.1. The van der Waals surface area contributed by atoms with Crippen LogP contribution in [-0.2, 0) is 11.3 Å². The van der Waals surface area contributed by atoms with E-state index < -0.39 is 18.0 Å². The van der Waals surface area contributed by atoms with E-state index in [4.69, 9.17) is 5.11 Å². The van der Waals surface area contributed by atoms with Crippen LogP contribution in [0.5, 0.6) is 0 Å². The molecule has 1 saturated heterocycles.